The SMILES string of the molecule is O=C(C[C@@H]1CCCN1C(=O)c1cc(Cl)ccn1)Nc1ccc(-c2nnc(-c3ccc(NC(=O)C[C@@H]4CCCN4C(=O)c4cc(Cl)ccn4)cc3)o2)cc1. The monoisotopic (exact) mass is 752 g/mol. The van der Waals surface area contributed by atoms with Gasteiger partial charge in [0.15, 0.2) is 0 Å². The van der Waals surface area contributed by atoms with E-state index in [1.54, 1.807) is 70.5 Å². The van der Waals surface area contributed by atoms with Crippen LogP contribution in [0.15, 0.2) is 89.6 Å². The summed E-state index contributed by atoms with van der Waals surface area (Å²) in [4.78, 5) is 63.5. The quantitative estimate of drug-likeness (QED) is 0.157. The molecule has 0 aliphatic carbocycles. The van der Waals surface area contributed by atoms with Gasteiger partial charge in [-0.25, -0.2) is 0 Å². The van der Waals surface area contributed by atoms with Crippen molar-refractivity contribution in [3.05, 3.63) is 107 Å². The fourth-order valence-electron chi connectivity index (χ4n) is 6.67. The van der Waals surface area contributed by atoms with Crippen LogP contribution in [0.25, 0.3) is 22.9 Å². The minimum Gasteiger partial charge on any atom is -0.416 e. The van der Waals surface area contributed by atoms with Crippen molar-refractivity contribution in [2.45, 2.75) is 50.6 Å². The molecule has 0 radical (unpaired) electrons. The van der Waals surface area contributed by atoms with Gasteiger partial charge < -0.3 is 24.9 Å². The second-order valence-corrected chi connectivity index (χ2v) is 13.8. The Morgan fingerprint density at radius 2 is 1.06 bits per heavy atom. The summed E-state index contributed by atoms with van der Waals surface area (Å²) in [5.41, 5.74) is 3.04. The number of anilines is 2. The summed E-state index contributed by atoms with van der Waals surface area (Å²) in [5, 5.41) is 15.0. The van der Waals surface area contributed by atoms with Crippen LogP contribution in [0, 0.1) is 0 Å². The molecule has 2 aliphatic heterocycles. The van der Waals surface area contributed by atoms with E-state index in [0.717, 1.165) is 25.7 Å². The van der Waals surface area contributed by atoms with Crippen LogP contribution < -0.4 is 10.6 Å². The molecule has 270 valence electrons. The molecule has 5 aromatic rings. The van der Waals surface area contributed by atoms with E-state index in [4.69, 9.17) is 27.6 Å². The van der Waals surface area contributed by atoms with E-state index < -0.39 is 0 Å². The summed E-state index contributed by atoms with van der Waals surface area (Å²) in [5.74, 6) is -0.284. The lowest BCUT2D eigenvalue weighted by Gasteiger charge is -2.24. The Morgan fingerprint density at radius 3 is 1.45 bits per heavy atom. The molecule has 2 N–H and O–H groups in total. The van der Waals surface area contributed by atoms with Gasteiger partial charge in [-0.3, -0.25) is 29.1 Å². The number of benzene rings is 2. The number of carbonyl (C=O) groups is 4. The van der Waals surface area contributed by atoms with Crippen LogP contribution in [0.4, 0.5) is 11.4 Å². The molecular formula is C38H34Cl2N8O5. The lowest BCUT2D eigenvalue weighted by atomic mass is 10.1. The van der Waals surface area contributed by atoms with Crippen LogP contribution >= 0.6 is 23.2 Å². The number of hydrogen-bond acceptors (Lipinski definition) is 9. The fraction of sp³-hybridized carbons (Fsp3) is 0.263. The molecule has 2 aliphatic rings. The normalized spacial score (nSPS) is 16.8. The average Bonchev–Trinajstić information content (AvgIpc) is 3.94. The minimum atomic E-state index is -0.236. The van der Waals surface area contributed by atoms with Gasteiger partial charge in [0, 0.05) is 83.0 Å². The Balaban J connectivity index is 0.905. The largest absolute Gasteiger partial charge is 0.416 e. The zero-order valence-electron chi connectivity index (χ0n) is 28.4. The van der Waals surface area contributed by atoms with Gasteiger partial charge in [-0.05, 0) is 98.5 Å². The van der Waals surface area contributed by atoms with Crippen LogP contribution in [-0.4, -0.2) is 78.8 Å². The second kappa shape index (κ2) is 15.9. The van der Waals surface area contributed by atoms with Crippen LogP contribution in [0.3, 0.4) is 0 Å². The molecular weight excluding hydrogens is 719 g/mol. The summed E-state index contributed by atoms with van der Waals surface area (Å²) in [6, 6.07) is 19.9. The van der Waals surface area contributed by atoms with Crippen LogP contribution in [0.1, 0.15) is 59.5 Å². The average molecular weight is 754 g/mol. The zero-order chi connectivity index (χ0) is 36.9. The van der Waals surface area contributed by atoms with Gasteiger partial charge in [0.25, 0.3) is 11.8 Å². The summed E-state index contributed by atoms with van der Waals surface area (Å²) in [6.07, 6.45) is 6.37. The number of rotatable bonds is 10. The molecule has 0 saturated carbocycles. The maximum absolute atomic E-state index is 13.0. The van der Waals surface area contributed by atoms with Crippen molar-refractivity contribution in [3.63, 3.8) is 0 Å². The van der Waals surface area contributed by atoms with Gasteiger partial charge in [-0.2, -0.15) is 0 Å². The Bertz CT molecular complexity index is 1990. The smallest absolute Gasteiger partial charge is 0.272 e. The van der Waals surface area contributed by atoms with Crippen molar-refractivity contribution in [1.29, 1.82) is 0 Å². The molecule has 0 unspecified atom stereocenters. The molecule has 53 heavy (non-hydrogen) atoms. The maximum atomic E-state index is 13.0. The topological polar surface area (TPSA) is 164 Å². The number of carbonyl (C=O) groups excluding carboxylic acids is 4. The molecule has 4 amide bonds. The van der Waals surface area contributed by atoms with E-state index in [0.29, 0.717) is 57.4 Å². The molecule has 2 atom stereocenters. The Kier molecular flexibility index (Phi) is 10.7. The minimum absolute atomic E-state index is 0.159. The van der Waals surface area contributed by atoms with Crippen LogP contribution in [0.2, 0.25) is 10.0 Å². The number of nitrogens with zero attached hydrogens (tertiary/aromatic N) is 6. The third kappa shape index (κ3) is 8.53. The summed E-state index contributed by atoms with van der Waals surface area (Å²) >= 11 is 12.1. The Labute approximate surface area is 314 Å². The third-order valence-electron chi connectivity index (χ3n) is 9.26. The first-order chi connectivity index (χ1) is 25.7. The van der Waals surface area contributed by atoms with E-state index in [2.05, 4.69) is 30.8 Å². The Morgan fingerprint density at radius 1 is 0.642 bits per heavy atom. The van der Waals surface area contributed by atoms with Gasteiger partial charge in [0.05, 0.1) is 0 Å². The summed E-state index contributed by atoms with van der Waals surface area (Å²) in [6.45, 7) is 1.11. The number of aromatic nitrogens is 4. The first-order valence-corrected chi connectivity index (χ1v) is 17.9. The van der Waals surface area contributed by atoms with Crippen molar-refractivity contribution >= 4 is 58.2 Å². The molecule has 2 saturated heterocycles. The molecule has 7 rings (SSSR count). The molecule has 0 bridgehead atoms. The predicted molar refractivity (Wildman–Crippen MR) is 198 cm³/mol. The van der Waals surface area contributed by atoms with Gasteiger partial charge in [0.1, 0.15) is 11.4 Å². The van der Waals surface area contributed by atoms with Crippen molar-refractivity contribution in [2.24, 2.45) is 0 Å². The first kappa shape index (κ1) is 35.7. The highest BCUT2D eigenvalue weighted by Crippen LogP contribution is 2.28. The molecule has 3 aromatic heterocycles. The van der Waals surface area contributed by atoms with Gasteiger partial charge in [-0.1, -0.05) is 23.2 Å². The van der Waals surface area contributed by atoms with Gasteiger partial charge in [-0.15, -0.1) is 10.2 Å². The van der Waals surface area contributed by atoms with Crippen LogP contribution in [0.5, 0.6) is 0 Å². The number of pyridine rings is 2. The molecule has 15 heteroatoms. The van der Waals surface area contributed by atoms with E-state index in [-0.39, 0.29) is 59.9 Å². The van der Waals surface area contributed by atoms with E-state index in [1.165, 1.54) is 24.5 Å². The third-order valence-corrected chi connectivity index (χ3v) is 9.73. The standard InChI is InChI=1S/C38H34Cl2N8O5/c39-25-13-15-41-31(19-25)37(51)47-17-1-3-29(47)21-33(49)43-27-9-5-23(6-10-27)35-45-46-36(53-35)24-7-11-28(12-8-24)44-34(50)22-30-4-2-18-48(30)38(52)32-20-26(40)14-16-42-32/h5-16,19-20,29-30H,1-4,17-18,21-22H2,(H,43,49)(H,44,50)/t29-,30-/m0/s1. The van der Waals surface area contributed by atoms with E-state index >= 15 is 0 Å². The first-order valence-electron chi connectivity index (χ1n) is 17.2. The maximum Gasteiger partial charge on any atom is 0.272 e. The highest BCUT2D eigenvalue weighted by atomic mass is 35.5. The number of hydrogen-bond donors (Lipinski definition) is 2. The van der Waals surface area contributed by atoms with E-state index in [9.17, 15) is 19.2 Å². The van der Waals surface area contributed by atoms with Crippen molar-refractivity contribution in [3.8, 4) is 22.9 Å². The lowest BCUT2D eigenvalue weighted by Crippen LogP contribution is -2.38. The molecule has 0 spiro atoms. The molecule has 2 fully saturated rings. The lowest BCUT2D eigenvalue weighted by molar-refractivity contribution is -0.117. The van der Waals surface area contributed by atoms with Gasteiger partial charge >= 0.3 is 0 Å². The Hall–Kier alpha value is -5.66. The van der Waals surface area contributed by atoms with E-state index in [1.807, 2.05) is 0 Å². The van der Waals surface area contributed by atoms with Crippen LogP contribution in [-0.2, 0) is 9.59 Å². The number of halogens is 2. The highest BCUT2D eigenvalue weighted by molar-refractivity contribution is 6.31. The number of amides is 4. The summed E-state index contributed by atoms with van der Waals surface area (Å²) < 4.78 is 5.93. The second-order valence-electron chi connectivity index (χ2n) is 12.9. The number of nitrogens with one attached hydrogen (secondary N) is 2. The van der Waals surface area contributed by atoms with Crippen molar-refractivity contribution in [1.82, 2.24) is 30.0 Å². The zero-order valence-corrected chi connectivity index (χ0v) is 29.9. The van der Waals surface area contributed by atoms with Crippen molar-refractivity contribution < 1.29 is 23.6 Å². The fourth-order valence-corrected chi connectivity index (χ4v) is 6.99. The highest BCUT2D eigenvalue weighted by Gasteiger charge is 2.33. The predicted octanol–water partition coefficient (Wildman–Crippen LogP) is 6.77. The van der Waals surface area contributed by atoms with Gasteiger partial charge in [0.2, 0.25) is 23.6 Å². The molecule has 13 nitrogen and oxygen atoms in total. The summed E-state index contributed by atoms with van der Waals surface area (Å²) in [7, 11) is 0. The molecule has 5 heterocycles. The van der Waals surface area contributed by atoms with Crippen molar-refractivity contribution in [2.75, 3.05) is 23.7 Å². The molecule has 2 aromatic carbocycles. The number of likely N-dealkylation sites (tertiary alicyclic amines) is 2.